The minimum absolute atomic E-state index is 0.189. The van der Waals surface area contributed by atoms with E-state index in [4.69, 9.17) is 4.74 Å². The van der Waals surface area contributed by atoms with Crippen molar-refractivity contribution in [2.24, 2.45) is 11.8 Å². The number of rotatable bonds is 4. The van der Waals surface area contributed by atoms with Crippen LogP contribution >= 0.6 is 0 Å². The van der Waals surface area contributed by atoms with Crippen molar-refractivity contribution in [3.05, 3.63) is 36.4 Å². The second-order valence-electron chi connectivity index (χ2n) is 7.24. The van der Waals surface area contributed by atoms with E-state index in [0.29, 0.717) is 5.69 Å². The minimum Gasteiger partial charge on any atom is -0.497 e. The fourth-order valence-electron chi connectivity index (χ4n) is 4.16. The molecule has 6 heteroatoms. The van der Waals surface area contributed by atoms with Gasteiger partial charge in [-0.25, -0.2) is 0 Å². The van der Waals surface area contributed by atoms with Gasteiger partial charge in [-0.1, -0.05) is 25.0 Å². The van der Waals surface area contributed by atoms with Crippen LogP contribution < -0.4 is 10.1 Å². The molecule has 1 N–H and O–H groups in total. The van der Waals surface area contributed by atoms with Crippen molar-refractivity contribution < 1.29 is 19.1 Å². The van der Waals surface area contributed by atoms with Gasteiger partial charge in [-0.3, -0.25) is 19.3 Å². The average Bonchev–Trinajstić information content (AvgIpc) is 2.92. The maximum Gasteiger partial charge on any atom is 0.244 e. The molecule has 0 bridgehead atoms. The maximum absolute atomic E-state index is 12.5. The molecule has 2 aromatic rings. The highest BCUT2D eigenvalue weighted by molar-refractivity contribution is 6.08. The van der Waals surface area contributed by atoms with Crippen LogP contribution in [-0.4, -0.2) is 36.3 Å². The normalized spacial score (nSPS) is 22.0. The van der Waals surface area contributed by atoms with Gasteiger partial charge in [-0.15, -0.1) is 0 Å². The van der Waals surface area contributed by atoms with Crippen LogP contribution in [0.15, 0.2) is 36.4 Å². The molecule has 2 fully saturated rings. The molecule has 1 aliphatic carbocycles. The lowest BCUT2D eigenvalue weighted by Gasteiger charge is -2.19. The van der Waals surface area contributed by atoms with E-state index in [-0.39, 0.29) is 36.1 Å². The highest BCUT2D eigenvalue weighted by atomic mass is 16.5. The Morgan fingerprint density at radius 2 is 1.67 bits per heavy atom. The van der Waals surface area contributed by atoms with E-state index in [2.05, 4.69) is 5.32 Å². The Kier molecular flexibility index (Phi) is 4.56. The summed E-state index contributed by atoms with van der Waals surface area (Å²) in [5.74, 6) is -0.421. The number of methoxy groups -OCH3 is 1. The van der Waals surface area contributed by atoms with Crippen LogP contribution in [0.5, 0.6) is 5.75 Å². The van der Waals surface area contributed by atoms with Gasteiger partial charge in [0.25, 0.3) is 0 Å². The summed E-state index contributed by atoms with van der Waals surface area (Å²) in [6, 6.07) is 11.3. The number of ether oxygens (including phenoxy) is 1. The fourth-order valence-corrected chi connectivity index (χ4v) is 4.16. The first kappa shape index (κ1) is 17.5. The van der Waals surface area contributed by atoms with E-state index in [9.17, 15) is 14.4 Å². The number of likely N-dealkylation sites (tertiary alicyclic amines) is 1. The first-order chi connectivity index (χ1) is 13.1. The summed E-state index contributed by atoms with van der Waals surface area (Å²) in [5.41, 5.74) is 0.633. The van der Waals surface area contributed by atoms with Crippen molar-refractivity contribution in [3.63, 3.8) is 0 Å². The summed E-state index contributed by atoms with van der Waals surface area (Å²) in [4.78, 5) is 38.5. The third kappa shape index (κ3) is 3.27. The molecule has 0 spiro atoms. The van der Waals surface area contributed by atoms with Crippen LogP contribution in [-0.2, 0) is 14.4 Å². The smallest absolute Gasteiger partial charge is 0.244 e. The van der Waals surface area contributed by atoms with Gasteiger partial charge in [-0.05, 0) is 47.9 Å². The van der Waals surface area contributed by atoms with Crippen molar-refractivity contribution >= 4 is 34.2 Å². The quantitative estimate of drug-likeness (QED) is 0.844. The lowest BCUT2D eigenvalue weighted by Crippen LogP contribution is -2.38. The van der Waals surface area contributed by atoms with Gasteiger partial charge in [-0.2, -0.15) is 0 Å². The van der Waals surface area contributed by atoms with E-state index in [1.165, 1.54) is 0 Å². The molecule has 1 saturated carbocycles. The zero-order valence-electron chi connectivity index (χ0n) is 15.2. The van der Waals surface area contributed by atoms with Gasteiger partial charge in [0.15, 0.2) is 0 Å². The second-order valence-corrected chi connectivity index (χ2v) is 7.24. The molecule has 2 aromatic carbocycles. The molecular formula is C21H22N2O4. The Morgan fingerprint density at radius 1 is 1.04 bits per heavy atom. The molecule has 140 valence electrons. The zero-order chi connectivity index (χ0) is 19.0. The number of imide groups is 1. The van der Waals surface area contributed by atoms with E-state index >= 15 is 0 Å². The SMILES string of the molecule is COc1ccc2cc(NC(=O)CN3C(=O)C4CCCCC4C3=O)ccc2c1. The van der Waals surface area contributed by atoms with E-state index < -0.39 is 0 Å². The molecule has 1 heterocycles. The Bertz CT molecular complexity index is 900. The first-order valence-corrected chi connectivity index (χ1v) is 9.29. The summed E-state index contributed by atoms with van der Waals surface area (Å²) in [5, 5.41) is 4.76. The molecule has 27 heavy (non-hydrogen) atoms. The Balaban J connectivity index is 1.45. The van der Waals surface area contributed by atoms with Crippen molar-refractivity contribution in [3.8, 4) is 5.75 Å². The van der Waals surface area contributed by atoms with Crippen LogP contribution in [0, 0.1) is 11.8 Å². The average molecular weight is 366 g/mol. The lowest BCUT2D eigenvalue weighted by molar-refractivity contribution is -0.142. The van der Waals surface area contributed by atoms with E-state index in [1.54, 1.807) is 13.2 Å². The van der Waals surface area contributed by atoms with Crippen LogP contribution in [0.2, 0.25) is 0 Å². The van der Waals surface area contributed by atoms with Crippen LogP contribution in [0.1, 0.15) is 25.7 Å². The van der Waals surface area contributed by atoms with Crippen LogP contribution in [0.4, 0.5) is 5.69 Å². The van der Waals surface area contributed by atoms with Crippen molar-refractivity contribution in [2.45, 2.75) is 25.7 Å². The van der Waals surface area contributed by atoms with E-state index in [1.807, 2.05) is 30.3 Å². The molecule has 6 nitrogen and oxygen atoms in total. The predicted octanol–water partition coefficient (Wildman–Crippen LogP) is 2.96. The molecular weight excluding hydrogens is 344 g/mol. The summed E-state index contributed by atoms with van der Waals surface area (Å²) >= 11 is 0. The van der Waals surface area contributed by atoms with Gasteiger partial charge in [0, 0.05) is 5.69 Å². The Labute approximate surface area is 157 Å². The number of nitrogens with zero attached hydrogens (tertiary/aromatic N) is 1. The molecule has 0 radical (unpaired) electrons. The number of benzene rings is 2. The summed E-state index contributed by atoms with van der Waals surface area (Å²) in [6.45, 7) is -0.217. The summed E-state index contributed by atoms with van der Waals surface area (Å²) in [7, 11) is 1.62. The largest absolute Gasteiger partial charge is 0.497 e. The summed E-state index contributed by atoms with van der Waals surface area (Å²) < 4.78 is 5.21. The Morgan fingerprint density at radius 3 is 2.33 bits per heavy atom. The monoisotopic (exact) mass is 366 g/mol. The number of nitrogens with one attached hydrogen (secondary N) is 1. The molecule has 2 unspecified atom stereocenters. The minimum atomic E-state index is -0.358. The Hall–Kier alpha value is -2.89. The van der Waals surface area contributed by atoms with Crippen LogP contribution in [0.3, 0.4) is 0 Å². The van der Waals surface area contributed by atoms with Gasteiger partial charge >= 0.3 is 0 Å². The van der Waals surface area contributed by atoms with Crippen LogP contribution in [0.25, 0.3) is 10.8 Å². The van der Waals surface area contributed by atoms with Crippen molar-refractivity contribution in [2.75, 3.05) is 19.0 Å². The number of hydrogen-bond donors (Lipinski definition) is 1. The van der Waals surface area contributed by atoms with Crippen molar-refractivity contribution in [1.29, 1.82) is 0 Å². The molecule has 4 rings (SSSR count). The molecule has 2 aliphatic rings. The maximum atomic E-state index is 12.5. The fraction of sp³-hybridized carbons (Fsp3) is 0.381. The van der Waals surface area contributed by atoms with Crippen molar-refractivity contribution in [1.82, 2.24) is 4.90 Å². The number of anilines is 1. The molecule has 1 aliphatic heterocycles. The zero-order valence-corrected chi connectivity index (χ0v) is 15.2. The predicted molar refractivity (Wildman–Crippen MR) is 101 cm³/mol. The summed E-state index contributed by atoms with van der Waals surface area (Å²) in [6.07, 6.45) is 3.45. The number of amides is 3. The molecule has 3 amide bonds. The topological polar surface area (TPSA) is 75.7 Å². The number of carbonyl (C=O) groups excluding carboxylic acids is 3. The molecule has 2 atom stereocenters. The number of hydrogen-bond acceptors (Lipinski definition) is 4. The van der Waals surface area contributed by atoms with Gasteiger partial charge in [0.2, 0.25) is 17.7 Å². The first-order valence-electron chi connectivity index (χ1n) is 9.29. The highest BCUT2D eigenvalue weighted by Crippen LogP contribution is 2.37. The third-order valence-electron chi connectivity index (χ3n) is 5.57. The lowest BCUT2D eigenvalue weighted by atomic mass is 9.81. The number of fused-ring (bicyclic) bond motifs is 2. The van der Waals surface area contributed by atoms with Gasteiger partial charge in [0.1, 0.15) is 12.3 Å². The van der Waals surface area contributed by atoms with E-state index in [0.717, 1.165) is 47.1 Å². The number of carbonyl (C=O) groups is 3. The van der Waals surface area contributed by atoms with Gasteiger partial charge < -0.3 is 10.1 Å². The van der Waals surface area contributed by atoms with Gasteiger partial charge in [0.05, 0.1) is 18.9 Å². The second kappa shape index (κ2) is 7.02. The third-order valence-corrected chi connectivity index (χ3v) is 5.57. The molecule has 0 aromatic heterocycles. The highest BCUT2D eigenvalue weighted by Gasteiger charge is 2.48. The molecule has 1 saturated heterocycles. The standard InChI is InChI=1S/C21H22N2O4/c1-27-16-9-7-13-10-15(8-6-14(13)11-16)22-19(24)12-23-20(25)17-4-2-3-5-18(17)21(23)26/h6-11,17-18H,2-5,12H2,1H3,(H,22,24).